The number of aromatic nitrogens is 4. The number of fused-ring (bicyclic) bond motifs is 1. The number of ether oxygens (including phenoxy) is 1. The standard InChI is InChI=1S/C24H32N6O/c1-4-6-13-29(14-7-5-2)18-28-23-22-24(26-17-25-23)30(19-27-22)15-20(3)16-31-21-11-9-8-10-12-21/h8-12,15,17-19H,4-7,13-14,16H2,1-3H3/b20-15+,28-18+. The number of benzene rings is 1. The molecule has 7 nitrogen and oxygen atoms in total. The second-order valence-electron chi connectivity index (χ2n) is 7.59. The van der Waals surface area contributed by atoms with E-state index in [1.165, 1.54) is 0 Å². The van der Waals surface area contributed by atoms with Gasteiger partial charge in [0.25, 0.3) is 0 Å². The van der Waals surface area contributed by atoms with Crippen molar-refractivity contribution < 1.29 is 4.74 Å². The zero-order valence-electron chi connectivity index (χ0n) is 18.7. The molecule has 2 aromatic heterocycles. The van der Waals surface area contributed by atoms with Crippen LogP contribution >= 0.6 is 0 Å². The van der Waals surface area contributed by atoms with Gasteiger partial charge in [-0.2, -0.15) is 0 Å². The first-order valence-electron chi connectivity index (χ1n) is 11.0. The second kappa shape index (κ2) is 11.8. The van der Waals surface area contributed by atoms with Gasteiger partial charge in [0, 0.05) is 19.3 Å². The van der Waals surface area contributed by atoms with E-state index in [9.17, 15) is 0 Å². The minimum atomic E-state index is 0.490. The van der Waals surface area contributed by atoms with E-state index >= 15 is 0 Å². The van der Waals surface area contributed by atoms with Gasteiger partial charge in [-0.1, -0.05) is 44.9 Å². The van der Waals surface area contributed by atoms with Crippen molar-refractivity contribution in [3.63, 3.8) is 0 Å². The number of nitrogens with zero attached hydrogens (tertiary/aromatic N) is 6. The Kier molecular flexibility index (Phi) is 8.58. The minimum Gasteiger partial charge on any atom is -0.489 e. The van der Waals surface area contributed by atoms with E-state index in [2.05, 4.69) is 38.7 Å². The molecule has 0 spiro atoms. The summed E-state index contributed by atoms with van der Waals surface area (Å²) in [7, 11) is 0. The van der Waals surface area contributed by atoms with Gasteiger partial charge in [0.1, 0.15) is 25.0 Å². The molecular weight excluding hydrogens is 388 g/mol. The Morgan fingerprint density at radius 2 is 1.81 bits per heavy atom. The van der Waals surface area contributed by atoms with Crippen LogP contribution in [0.3, 0.4) is 0 Å². The topological polar surface area (TPSA) is 68.4 Å². The minimum absolute atomic E-state index is 0.490. The molecule has 0 amide bonds. The molecule has 0 radical (unpaired) electrons. The number of hydrogen-bond acceptors (Lipinski definition) is 5. The Hall–Kier alpha value is -3.22. The van der Waals surface area contributed by atoms with Crippen LogP contribution in [0.25, 0.3) is 17.4 Å². The van der Waals surface area contributed by atoms with Crippen LogP contribution in [0.4, 0.5) is 5.82 Å². The number of aliphatic imine (C=N–C) groups is 1. The predicted molar refractivity (Wildman–Crippen MR) is 127 cm³/mol. The van der Waals surface area contributed by atoms with Crippen molar-refractivity contribution in [3.8, 4) is 5.75 Å². The third kappa shape index (κ3) is 6.64. The Labute approximate surface area is 184 Å². The zero-order valence-corrected chi connectivity index (χ0v) is 18.7. The van der Waals surface area contributed by atoms with Crippen molar-refractivity contribution in [2.24, 2.45) is 4.99 Å². The molecule has 0 unspecified atom stereocenters. The Bertz CT molecular complexity index is 988. The maximum atomic E-state index is 5.82. The molecule has 7 heteroatoms. The largest absolute Gasteiger partial charge is 0.489 e. The predicted octanol–water partition coefficient (Wildman–Crippen LogP) is 5.33. The van der Waals surface area contributed by atoms with Gasteiger partial charge < -0.3 is 9.64 Å². The quantitative estimate of drug-likeness (QED) is 0.293. The number of para-hydroxylation sites is 1. The summed E-state index contributed by atoms with van der Waals surface area (Å²) in [6.07, 6.45) is 11.8. The third-order valence-electron chi connectivity index (χ3n) is 4.85. The van der Waals surface area contributed by atoms with Crippen molar-refractivity contribution >= 4 is 29.5 Å². The van der Waals surface area contributed by atoms with Gasteiger partial charge in [-0.25, -0.2) is 19.9 Å². The molecule has 2 heterocycles. The second-order valence-corrected chi connectivity index (χ2v) is 7.59. The summed E-state index contributed by atoms with van der Waals surface area (Å²) in [6.45, 7) is 8.93. The normalized spacial score (nSPS) is 12.0. The smallest absolute Gasteiger partial charge is 0.185 e. The first-order chi connectivity index (χ1) is 15.2. The van der Waals surface area contributed by atoms with Crippen LogP contribution in [0.1, 0.15) is 46.5 Å². The van der Waals surface area contributed by atoms with Crippen LogP contribution in [0, 0.1) is 0 Å². The van der Waals surface area contributed by atoms with E-state index in [1.54, 1.807) is 12.7 Å². The fraction of sp³-hybridized carbons (Fsp3) is 0.417. The summed E-state index contributed by atoms with van der Waals surface area (Å²) in [6, 6.07) is 9.79. The van der Waals surface area contributed by atoms with Crippen molar-refractivity contribution in [1.82, 2.24) is 24.4 Å². The highest BCUT2D eigenvalue weighted by atomic mass is 16.5. The molecule has 0 atom stereocenters. The lowest BCUT2D eigenvalue weighted by atomic mass is 10.3. The summed E-state index contributed by atoms with van der Waals surface area (Å²) in [4.78, 5) is 20.2. The van der Waals surface area contributed by atoms with E-state index in [-0.39, 0.29) is 0 Å². The van der Waals surface area contributed by atoms with Gasteiger partial charge >= 0.3 is 0 Å². The van der Waals surface area contributed by atoms with Crippen molar-refractivity contribution in [1.29, 1.82) is 0 Å². The molecule has 0 N–H and O–H groups in total. The maximum Gasteiger partial charge on any atom is 0.185 e. The van der Waals surface area contributed by atoms with E-state index in [0.717, 1.165) is 55.7 Å². The van der Waals surface area contributed by atoms with Crippen LogP contribution in [0.2, 0.25) is 0 Å². The zero-order chi connectivity index (χ0) is 21.9. The van der Waals surface area contributed by atoms with Gasteiger partial charge in [0.05, 0.1) is 6.34 Å². The average molecular weight is 421 g/mol. The number of imidazole rings is 1. The number of rotatable bonds is 12. The van der Waals surface area contributed by atoms with Crippen LogP contribution in [0.15, 0.2) is 53.6 Å². The molecule has 0 saturated heterocycles. The molecule has 0 saturated carbocycles. The molecule has 0 aliphatic rings. The lowest BCUT2D eigenvalue weighted by molar-refractivity contribution is 0.353. The molecular formula is C24H32N6O. The SMILES string of the molecule is CCCCN(/C=N/c1ncnc2c1ncn2/C=C(\C)COc1ccccc1)CCCC. The molecule has 31 heavy (non-hydrogen) atoms. The van der Waals surface area contributed by atoms with E-state index in [0.29, 0.717) is 17.9 Å². The fourth-order valence-electron chi connectivity index (χ4n) is 3.10. The molecule has 0 aliphatic heterocycles. The van der Waals surface area contributed by atoms with Crippen LogP contribution in [-0.4, -0.2) is 50.5 Å². The molecule has 0 fully saturated rings. The summed E-state index contributed by atoms with van der Waals surface area (Å²) in [5, 5.41) is 0. The monoisotopic (exact) mass is 420 g/mol. The summed E-state index contributed by atoms with van der Waals surface area (Å²) in [5.41, 5.74) is 2.48. The highest BCUT2D eigenvalue weighted by molar-refractivity contribution is 5.84. The van der Waals surface area contributed by atoms with Crippen molar-refractivity contribution in [3.05, 3.63) is 48.6 Å². The lowest BCUT2D eigenvalue weighted by Crippen LogP contribution is -2.24. The fourth-order valence-corrected chi connectivity index (χ4v) is 3.10. The van der Waals surface area contributed by atoms with E-state index < -0.39 is 0 Å². The van der Waals surface area contributed by atoms with Crippen molar-refractivity contribution in [2.75, 3.05) is 19.7 Å². The Morgan fingerprint density at radius 3 is 2.52 bits per heavy atom. The third-order valence-corrected chi connectivity index (χ3v) is 4.85. The van der Waals surface area contributed by atoms with Gasteiger partial charge in [-0.15, -0.1) is 0 Å². The number of hydrogen-bond donors (Lipinski definition) is 0. The summed E-state index contributed by atoms with van der Waals surface area (Å²) >= 11 is 0. The average Bonchev–Trinajstić information content (AvgIpc) is 3.21. The van der Waals surface area contributed by atoms with Gasteiger partial charge in [0.15, 0.2) is 17.0 Å². The first kappa shape index (κ1) is 22.5. The van der Waals surface area contributed by atoms with Gasteiger partial charge in [0.2, 0.25) is 0 Å². The van der Waals surface area contributed by atoms with Crippen molar-refractivity contribution in [2.45, 2.75) is 46.5 Å². The molecule has 3 rings (SSSR count). The molecule has 3 aromatic rings. The Morgan fingerprint density at radius 1 is 1.06 bits per heavy atom. The van der Waals surface area contributed by atoms with Crippen LogP contribution in [-0.2, 0) is 0 Å². The molecule has 1 aromatic carbocycles. The van der Waals surface area contributed by atoms with Crippen LogP contribution in [0.5, 0.6) is 5.75 Å². The lowest BCUT2D eigenvalue weighted by Gasteiger charge is -2.18. The summed E-state index contributed by atoms with van der Waals surface area (Å²) in [5.74, 6) is 1.44. The Balaban J connectivity index is 1.74. The van der Waals surface area contributed by atoms with E-state index in [1.807, 2.05) is 54.4 Å². The number of unbranched alkanes of at least 4 members (excludes halogenated alkanes) is 2. The maximum absolute atomic E-state index is 5.82. The molecule has 164 valence electrons. The summed E-state index contributed by atoms with van der Waals surface area (Å²) < 4.78 is 7.71. The van der Waals surface area contributed by atoms with E-state index in [4.69, 9.17) is 4.74 Å². The highest BCUT2D eigenvalue weighted by Crippen LogP contribution is 2.20. The van der Waals surface area contributed by atoms with Gasteiger partial charge in [-0.05, 0) is 37.5 Å². The van der Waals surface area contributed by atoms with Gasteiger partial charge in [-0.3, -0.25) is 4.57 Å². The molecule has 0 aliphatic carbocycles. The highest BCUT2D eigenvalue weighted by Gasteiger charge is 2.09. The molecule has 0 bridgehead atoms. The first-order valence-corrected chi connectivity index (χ1v) is 11.0. The van der Waals surface area contributed by atoms with Crippen LogP contribution < -0.4 is 4.74 Å².